The SMILES string of the molecule is Cc1c(F)c(F)cc2c(=O)[nH]c(=O)n(C3CC3)c12.Cc1c(N(C)C)c(F)cc2c(=O)[nH]c(=O)n(C3CC3)c12. The largest absolute Gasteiger partial charge is 0.375 e. The van der Waals surface area contributed by atoms with E-state index in [1.54, 1.807) is 30.5 Å². The van der Waals surface area contributed by atoms with Crippen LogP contribution in [0.4, 0.5) is 18.9 Å². The van der Waals surface area contributed by atoms with E-state index in [2.05, 4.69) is 9.97 Å². The van der Waals surface area contributed by atoms with Crippen LogP contribution in [0.15, 0.2) is 31.3 Å². The first-order chi connectivity index (χ1) is 17.9. The highest BCUT2D eigenvalue weighted by Gasteiger charge is 2.30. The van der Waals surface area contributed by atoms with Crippen LogP contribution in [0.25, 0.3) is 21.8 Å². The Morgan fingerprint density at radius 3 is 1.58 bits per heavy atom. The van der Waals surface area contributed by atoms with E-state index in [1.807, 2.05) is 0 Å². The van der Waals surface area contributed by atoms with Gasteiger partial charge in [-0.15, -0.1) is 0 Å². The number of H-pyrrole nitrogens is 2. The summed E-state index contributed by atoms with van der Waals surface area (Å²) in [5, 5.41) is 0.245. The summed E-state index contributed by atoms with van der Waals surface area (Å²) in [4.78, 5) is 53.5. The van der Waals surface area contributed by atoms with Crippen molar-refractivity contribution in [2.45, 2.75) is 51.6 Å². The molecule has 2 aliphatic rings. The van der Waals surface area contributed by atoms with Crippen LogP contribution in [0.5, 0.6) is 0 Å². The molecule has 2 aromatic heterocycles. The highest BCUT2D eigenvalue weighted by Crippen LogP contribution is 2.38. The first kappa shape index (κ1) is 25.6. The lowest BCUT2D eigenvalue weighted by atomic mass is 10.1. The third kappa shape index (κ3) is 4.13. The van der Waals surface area contributed by atoms with Crippen LogP contribution in [-0.2, 0) is 0 Å². The van der Waals surface area contributed by atoms with Crippen molar-refractivity contribution in [1.29, 1.82) is 0 Å². The van der Waals surface area contributed by atoms with E-state index in [0.717, 1.165) is 31.7 Å². The van der Waals surface area contributed by atoms with E-state index < -0.39 is 39.9 Å². The van der Waals surface area contributed by atoms with Crippen LogP contribution in [0, 0.1) is 31.3 Å². The van der Waals surface area contributed by atoms with Gasteiger partial charge in [-0.2, -0.15) is 0 Å². The van der Waals surface area contributed by atoms with E-state index in [4.69, 9.17) is 0 Å². The number of nitrogens with zero attached hydrogens (tertiary/aromatic N) is 3. The van der Waals surface area contributed by atoms with Crippen LogP contribution in [-0.4, -0.2) is 33.2 Å². The molecular formula is C26H26F3N5O4. The summed E-state index contributed by atoms with van der Waals surface area (Å²) in [6.07, 6.45) is 3.43. The van der Waals surface area contributed by atoms with Crippen molar-refractivity contribution in [2.75, 3.05) is 19.0 Å². The maximum Gasteiger partial charge on any atom is 0.329 e. The highest BCUT2D eigenvalue weighted by atomic mass is 19.2. The summed E-state index contributed by atoms with van der Waals surface area (Å²) in [6.45, 7) is 3.12. The minimum absolute atomic E-state index is 0.0000926. The fraction of sp³-hybridized carbons (Fsp3) is 0.385. The van der Waals surface area contributed by atoms with Crippen LogP contribution in [0.1, 0.15) is 48.9 Å². The molecule has 2 aromatic carbocycles. The van der Waals surface area contributed by atoms with Gasteiger partial charge in [0.1, 0.15) is 5.82 Å². The molecule has 38 heavy (non-hydrogen) atoms. The normalized spacial score (nSPS) is 15.0. The van der Waals surface area contributed by atoms with Gasteiger partial charge < -0.3 is 4.90 Å². The summed E-state index contributed by atoms with van der Waals surface area (Å²) >= 11 is 0. The van der Waals surface area contributed by atoms with E-state index in [0.29, 0.717) is 16.8 Å². The van der Waals surface area contributed by atoms with Crippen molar-refractivity contribution < 1.29 is 13.2 Å². The summed E-state index contributed by atoms with van der Waals surface area (Å²) in [7, 11) is 3.48. The lowest BCUT2D eigenvalue weighted by Gasteiger charge is -2.20. The molecule has 6 rings (SSSR count). The minimum atomic E-state index is -1.08. The van der Waals surface area contributed by atoms with E-state index in [1.165, 1.54) is 17.6 Å². The number of nitrogens with one attached hydrogen (secondary N) is 2. The maximum atomic E-state index is 14.2. The third-order valence-electron chi connectivity index (χ3n) is 7.00. The number of hydrogen-bond donors (Lipinski definition) is 2. The number of aromatic nitrogens is 4. The Bertz CT molecular complexity index is 1860. The van der Waals surface area contributed by atoms with Crippen LogP contribution in [0.2, 0.25) is 0 Å². The summed E-state index contributed by atoms with van der Waals surface area (Å²) in [6, 6.07) is 2.14. The maximum absolute atomic E-state index is 14.2. The van der Waals surface area contributed by atoms with E-state index in [-0.39, 0.29) is 33.9 Å². The molecule has 0 aliphatic heterocycles. The lowest BCUT2D eigenvalue weighted by molar-refractivity contribution is 0.504. The molecule has 12 heteroatoms. The second-order valence-electron chi connectivity index (χ2n) is 10.0. The molecule has 0 unspecified atom stereocenters. The quantitative estimate of drug-likeness (QED) is 0.424. The fourth-order valence-electron chi connectivity index (χ4n) is 5.03. The number of fused-ring (bicyclic) bond motifs is 2. The number of aryl methyl sites for hydroxylation is 2. The number of anilines is 1. The zero-order valence-electron chi connectivity index (χ0n) is 21.2. The molecule has 200 valence electrons. The second kappa shape index (κ2) is 9.03. The molecule has 9 nitrogen and oxygen atoms in total. The van der Waals surface area contributed by atoms with Gasteiger partial charge in [0.15, 0.2) is 11.6 Å². The molecule has 2 fully saturated rings. The number of halogens is 3. The van der Waals surface area contributed by atoms with Crippen LogP contribution >= 0.6 is 0 Å². The predicted molar refractivity (Wildman–Crippen MR) is 138 cm³/mol. The summed E-state index contributed by atoms with van der Waals surface area (Å²) < 4.78 is 44.0. The van der Waals surface area contributed by atoms with Gasteiger partial charge in [-0.25, -0.2) is 22.8 Å². The molecule has 0 amide bonds. The van der Waals surface area contributed by atoms with Crippen molar-refractivity contribution in [1.82, 2.24) is 19.1 Å². The van der Waals surface area contributed by atoms with E-state index in [9.17, 15) is 32.3 Å². The number of benzene rings is 2. The average molecular weight is 530 g/mol. The van der Waals surface area contributed by atoms with Gasteiger partial charge in [-0.1, -0.05) is 0 Å². The Balaban J connectivity index is 0.000000156. The van der Waals surface area contributed by atoms with Gasteiger partial charge in [0.2, 0.25) is 0 Å². The first-order valence-corrected chi connectivity index (χ1v) is 12.2. The van der Waals surface area contributed by atoms with Gasteiger partial charge >= 0.3 is 11.4 Å². The molecule has 0 saturated heterocycles. The lowest BCUT2D eigenvalue weighted by Crippen LogP contribution is -2.31. The predicted octanol–water partition coefficient (Wildman–Crippen LogP) is 3.15. The van der Waals surface area contributed by atoms with Crippen LogP contribution < -0.4 is 27.4 Å². The van der Waals surface area contributed by atoms with Crippen LogP contribution in [0.3, 0.4) is 0 Å². The Hall–Kier alpha value is -4.09. The Kier molecular flexibility index (Phi) is 6.07. The Morgan fingerprint density at radius 1 is 0.737 bits per heavy atom. The number of aromatic amines is 2. The third-order valence-corrected chi connectivity index (χ3v) is 7.00. The van der Waals surface area contributed by atoms with Crippen molar-refractivity contribution in [3.8, 4) is 0 Å². The average Bonchev–Trinajstić information content (AvgIpc) is 3.74. The topological polar surface area (TPSA) is 113 Å². The summed E-state index contributed by atoms with van der Waals surface area (Å²) in [5.41, 5.74) is -0.412. The Morgan fingerprint density at radius 2 is 1.16 bits per heavy atom. The highest BCUT2D eigenvalue weighted by molar-refractivity contribution is 5.87. The first-order valence-electron chi connectivity index (χ1n) is 12.2. The van der Waals surface area contributed by atoms with Crippen molar-refractivity contribution in [2.24, 2.45) is 0 Å². The molecule has 0 bridgehead atoms. The molecule has 0 radical (unpaired) electrons. The van der Waals surface area contributed by atoms with Gasteiger partial charge in [0.25, 0.3) is 11.1 Å². The van der Waals surface area contributed by atoms with Gasteiger partial charge in [0, 0.05) is 37.3 Å². The van der Waals surface area contributed by atoms with Crippen molar-refractivity contribution in [3.05, 3.63) is 82.4 Å². The smallest absolute Gasteiger partial charge is 0.329 e. The molecule has 2 heterocycles. The second-order valence-corrected chi connectivity index (χ2v) is 10.0. The van der Waals surface area contributed by atoms with Gasteiger partial charge in [0.05, 0.1) is 27.5 Å². The Labute approximate surface area is 213 Å². The fourth-order valence-corrected chi connectivity index (χ4v) is 5.03. The monoisotopic (exact) mass is 529 g/mol. The molecule has 2 saturated carbocycles. The molecule has 0 atom stereocenters. The van der Waals surface area contributed by atoms with Crippen molar-refractivity contribution >= 4 is 27.5 Å². The number of rotatable bonds is 3. The summed E-state index contributed by atoms with van der Waals surface area (Å²) in [5.74, 6) is -2.54. The standard InChI is InChI=1S/C14H16FN3O2.C12H10F2N2O2/c1-7-11-9(6-10(15)12(7)17(2)3)13(19)16-14(20)18(11)8-4-5-8;1-5-9(14)8(13)4-7-10(5)16(6-2-3-6)12(18)15-11(7)17/h6,8H,4-5H2,1-3H3,(H,16,19,20);4,6H,2-3H2,1H3,(H,15,17,18). The molecule has 4 aromatic rings. The minimum Gasteiger partial charge on any atom is -0.375 e. The zero-order valence-corrected chi connectivity index (χ0v) is 21.2. The van der Waals surface area contributed by atoms with Gasteiger partial charge in [-0.3, -0.25) is 28.7 Å². The molecule has 2 N–H and O–H groups in total. The van der Waals surface area contributed by atoms with E-state index >= 15 is 0 Å². The zero-order chi connectivity index (χ0) is 27.6. The van der Waals surface area contributed by atoms with Crippen molar-refractivity contribution in [3.63, 3.8) is 0 Å². The molecule has 0 spiro atoms. The molecule has 2 aliphatic carbocycles. The van der Waals surface area contributed by atoms with Gasteiger partial charge in [-0.05, 0) is 51.7 Å². The number of hydrogen-bond acceptors (Lipinski definition) is 5. The molecular weight excluding hydrogens is 503 g/mol.